The molecule has 0 bridgehead atoms. The van der Waals surface area contributed by atoms with Crippen LogP contribution < -0.4 is 11.5 Å². The highest BCUT2D eigenvalue weighted by Gasteiger charge is 2.07. The highest BCUT2D eigenvalue weighted by molar-refractivity contribution is 7.24. The molecule has 4 N–H and O–H groups in total. The standard InChI is InChI=1S/C10H8N2S2/c11-9-6-3-5-1-2-13-7(5)4-8(6)14-10(9)12/h1-4H,11-12H2. The van der Waals surface area contributed by atoms with Crippen molar-refractivity contribution >= 4 is 53.5 Å². The van der Waals surface area contributed by atoms with Gasteiger partial charge < -0.3 is 11.5 Å². The van der Waals surface area contributed by atoms with E-state index in [2.05, 4.69) is 23.6 Å². The summed E-state index contributed by atoms with van der Waals surface area (Å²) in [7, 11) is 0. The number of nitrogens with two attached hydrogens (primary N) is 2. The molecule has 0 spiro atoms. The number of benzene rings is 1. The summed E-state index contributed by atoms with van der Waals surface area (Å²) in [5.74, 6) is 0. The van der Waals surface area contributed by atoms with Gasteiger partial charge >= 0.3 is 0 Å². The van der Waals surface area contributed by atoms with Gasteiger partial charge in [-0.25, -0.2) is 0 Å². The number of thiophene rings is 2. The molecule has 1 aromatic carbocycles. The number of anilines is 2. The molecule has 2 heterocycles. The van der Waals surface area contributed by atoms with E-state index in [9.17, 15) is 0 Å². The molecule has 0 amide bonds. The molecule has 3 aromatic rings. The number of rotatable bonds is 0. The van der Waals surface area contributed by atoms with Gasteiger partial charge in [-0.1, -0.05) is 0 Å². The molecule has 70 valence electrons. The van der Waals surface area contributed by atoms with Crippen LogP contribution in [0, 0.1) is 0 Å². The third kappa shape index (κ3) is 0.951. The summed E-state index contributed by atoms with van der Waals surface area (Å²) in [5.41, 5.74) is 12.4. The second-order valence-electron chi connectivity index (χ2n) is 3.19. The van der Waals surface area contributed by atoms with Crippen molar-refractivity contribution in [3.05, 3.63) is 23.6 Å². The van der Waals surface area contributed by atoms with E-state index in [0.717, 1.165) is 16.1 Å². The van der Waals surface area contributed by atoms with E-state index in [4.69, 9.17) is 11.5 Å². The summed E-state index contributed by atoms with van der Waals surface area (Å²) in [5, 5.41) is 5.14. The van der Waals surface area contributed by atoms with Gasteiger partial charge in [0, 0.05) is 14.8 Å². The van der Waals surface area contributed by atoms with E-state index in [1.807, 2.05) is 0 Å². The molecule has 0 fully saturated rings. The number of hydrogen-bond acceptors (Lipinski definition) is 4. The normalized spacial score (nSPS) is 11.4. The molecule has 0 aliphatic rings. The molecule has 0 aliphatic carbocycles. The molecule has 14 heavy (non-hydrogen) atoms. The van der Waals surface area contributed by atoms with E-state index in [1.165, 1.54) is 14.8 Å². The van der Waals surface area contributed by atoms with Crippen molar-refractivity contribution in [1.29, 1.82) is 0 Å². The van der Waals surface area contributed by atoms with Crippen LogP contribution in [0.1, 0.15) is 0 Å². The maximum Gasteiger partial charge on any atom is 0.110 e. The fraction of sp³-hybridized carbons (Fsp3) is 0. The fourth-order valence-corrected chi connectivity index (χ4v) is 3.39. The van der Waals surface area contributed by atoms with Gasteiger partial charge in [0.25, 0.3) is 0 Å². The Labute approximate surface area is 88.8 Å². The number of fused-ring (bicyclic) bond motifs is 2. The molecule has 2 aromatic heterocycles. The molecule has 0 saturated carbocycles. The molecule has 2 nitrogen and oxygen atoms in total. The summed E-state index contributed by atoms with van der Waals surface area (Å²) in [6.45, 7) is 0. The first-order chi connectivity index (χ1) is 6.75. The predicted molar refractivity (Wildman–Crippen MR) is 66.0 cm³/mol. The van der Waals surface area contributed by atoms with Gasteiger partial charge in [0.2, 0.25) is 0 Å². The second-order valence-corrected chi connectivity index (χ2v) is 5.22. The molecule has 0 saturated heterocycles. The Balaban J connectivity index is 2.56. The average Bonchev–Trinajstić information content (AvgIpc) is 2.70. The predicted octanol–water partition coefficient (Wildman–Crippen LogP) is 3.28. The Bertz CT molecular complexity index is 621. The Morgan fingerprint density at radius 1 is 1.07 bits per heavy atom. The van der Waals surface area contributed by atoms with E-state index >= 15 is 0 Å². The molecular weight excluding hydrogens is 212 g/mol. The highest BCUT2D eigenvalue weighted by atomic mass is 32.1. The molecule has 0 atom stereocenters. The van der Waals surface area contributed by atoms with E-state index in [0.29, 0.717) is 0 Å². The summed E-state index contributed by atoms with van der Waals surface area (Å²) >= 11 is 3.30. The monoisotopic (exact) mass is 220 g/mol. The van der Waals surface area contributed by atoms with Crippen LogP contribution in [-0.2, 0) is 0 Å². The zero-order valence-corrected chi connectivity index (χ0v) is 8.91. The Hall–Kier alpha value is -1.26. The fourth-order valence-electron chi connectivity index (χ4n) is 1.59. The van der Waals surface area contributed by atoms with Gasteiger partial charge in [0.15, 0.2) is 0 Å². The highest BCUT2D eigenvalue weighted by Crippen LogP contribution is 2.39. The number of nitrogen functional groups attached to an aromatic ring is 2. The first-order valence-corrected chi connectivity index (χ1v) is 5.90. The smallest absolute Gasteiger partial charge is 0.110 e. The van der Waals surface area contributed by atoms with Crippen LogP contribution in [0.25, 0.3) is 20.2 Å². The lowest BCUT2D eigenvalue weighted by Gasteiger charge is -1.92. The van der Waals surface area contributed by atoms with Crippen LogP contribution in [0.5, 0.6) is 0 Å². The van der Waals surface area contributed by atoms with Gasteiger partial charge in [-0.2, -0.15) is 0 Å². The summed E-state index contributed by atoms with van der Waals surface area (Å²) in [4.78, 5) is 0. The minimum atomic E-state index is 0.720. The van der Waals surface area contributed by atoms with Crippen molar-refractivity contribution in [2.24, 2.45) is 0 Å². The second kappa shape index (κ2) is 2.62. The summed E-state index contributed by atoms with van der Waals surface area (Å²) < 4.78 is 2.47. The average molecular weight is 220 g/mol. The van der Waals surface area contributed by atoms with Crippen molar-refractivity contribution in [3.63, 3.8) is 0 Å². The minimum absolute atomic E-state index is 0.720. The lowest BCUT2D eigenvalue weighted by Crippen LogP contribution is -1.87. The molecule has 0 unspecified atom stereocenters. The molecular formula is C10H8N2S2. The van der Waals surface area contributed by atoms with Crippen LogP contribution in [0.2, 0.25) is 0 Å². The zero-order valence-electron chi connectivity index (χ0n) is 7.28. The minimum Gasteiger partial charge on any atom is -0.396 e. The van der Waals surface area contributed by atoms with Crippen molar-refractivity contribution < 1.29 is 0 Å². The SMILES string of the molecule is Nc1sc2cc3sccc3cc2c1N. The molecule has 0 radical (unpaired) electrons. The first kappa shape index (κ1) is 8.08. The van der Waals surface area contributed by atoms with Gasteiger partial charge in [-0.3, -0.25) is 0 Å². The van der Waals surface area contributed by atoms with Crippen molar-refractivity contribution in [2.45, 2.75) is 0 Å². The van der Waals surface area contributed by atoms with Gasteiger partial charge in [-0.05, 0) is 29.0 Å². The maximum atomic E-state index is 5.89. The van der Waals surface area contributed by atoms with Crippen LogP contribution in [0.4, 0.5) is 10.7 Å². The Kier molecular flexibility index (Phi) is 1.51. The molecule has 0 aliphatic heterocycles. The summed E-state index contributed by atoms with van der Waals surface area (Å²) in [6, 6.07) is 6.38. The Morgan fingerprint density at radius 3 is 2.79 bits per heavy atom. The van der Waals surface area contributed by atoms with E-state index in [1.54, 1.807) is 22.7 Å². The number of hydrogen-bond donors (Lipinski definition) is 2. The first-order valence-electron chi connectivity index (χ1n) is 4.20. The molecule has 4 heteroatoms. The van der Waals surface area contributed by atoms with Crippen molar-refractivity contribution in [3.8, 4) is 0 Å². The largest absolute Gasteiger partial charge is 0.396 e. The van der Waals surface area contributed by atoms with Crippen molar-refractivity contribution in [1.82, 2.24) is 0 Å². The van der Waals surface area contributed by atoms with Crippen LogP contribution >= 0.6 is 22.7 Å². The zero-order chi connectivity index (χ0) is 9.71. The van der Waals surface area contributed by atoms with Gasteiger partial charge in [-0.15, -0.1) is 22.7 Å². The third-order valence-electron chi connectivity index (χ3n) is 2.33. The van der Waals surface area contributed by atoms with Crippen molar-refractivity contribution in [2.75, 3.05) is 11.5 Å². The maximum absolute atomic E-state index is 5.89. The van der Waals surface area contributed by atoms with E-state index < -0.39 is 0 Å². The summed E-state index contributed by atoms with van der Waals surface area (Å²) in [6.07, 6.45) is 0. The van der Waals surface area contributed by atoms with Gasteiger partial charge in [0.05, 0.1) is 5.69 Å². The van der Waals surface area contributed by atoms with E-state index in [-0.39, 0.29) is 0 Å². The molecule has 3 rings (SSSR count). The van der Waals surface area contributed by atoms with Gasteiger partial charge in [0.1, 0.15) is 5.00 Å². The third-order valence-corrected chi connectivity index (χ3v) is 4.21. The lowest BCUT2D eigenvalue weighted by atomic mass is 10.2. The van der Waals surface area contributed by atoms with Crippen LogP contribution in [-0.4, -0.2) is 0 Å². The topological polar surface area (TPSA) is 52.0 Å². The van der Waals surface area contributed by atoms with Crippen LogP contribution in [0.3, 0.4) is 0 Å². The quantitative estimate of drug-likeness (QED) is 0.611. The lowest BCUT2D eigenvalue weighted by molar-refractivity contribution is 1.89. The van der Waals surface area contributed by atoms with Crippen LogP contribution in [0.15, 0.2) is 23.6 Å². The Morgan fingerprint density at radius 2 is 1.93 bits per heavy atom.